The van der Waals surface area contributed by atoms with Gasteiger partial charge in [0.1, 0.15) is 11.7 Å². The van der Waals surface area contributed by atoms with Crippen molar-refractivity contribution in [2.24, 2.45) is 9.98 Å². The summed E-state index contributed by atoms with van der Waals surface area (Å²) in [5.74, 6) is 1.08. The van der Waals surface area contributed by atoms with Crippen molar-refractivity contribution in [2.45, 2.75) is 0 Å². The van der Waals surface area contributed by atoms with E-state index in [1.807, 2.05) is 62.6 Å². The minimum Gasteiger partial charge on any atom is -0.373 e. The van der Waals surface area contributed by atoms with Crippen molar-refractivity contribution in [1.82, 2.24) is 10.6 Å². The van der Waals surface area contributed by atoms with E-state index in [9.17, 15) is 9.59 Å². The molecule has 3 aromatic rings. The van der Waals surface area contributed by atoms with Gasteiger partial charge in [0.05, 0.1) is 0 Å². The van der Waals surface area contributed by atoms with Crippen LogP contribution < -0.4 is 21.3 Å². The van der Waals surface area contributed by atoms with E-state index in [0.717, 1.165) is 28.4 Å². The molecular weight excluding hydrogens is 452 g/mol. The molecule has 8 nitrogen and oxygen atoms in total. The zero-order valence-corrected chi connectivity index (χ0v) is 20.8. The Kier molecular flexibility index (Phi) is 9.11. The number of carbonyl (C=O) groups is 2. The van der Waals surface area contributed by atoms with Gasteiger partial charge in [-0.3, -0.25) is 19.6 Å². The highest BCUT2D eigenvalue weighted by Crippen LogP contribution is 2.14. The fourth-order valence-electron chi connectivity index (χ4n) is 3.50. The van der Waals surface area contributed by atoms with Crippen LogP contribution >= 0.6 is 0 Å². The Bertz CT molecular complexity index is 1280. The van der Waals surface area contributed by atoms with Crippen molar-refractivity contribution in [1.29, 1.82) is 0 Å². The highest BCUT2D eigenvalue weighted by molar-refractivity contribution is 6.05. The van der Waals surface area contributed by atoms with Gasteiger partial charge in [-0.05, 0) is 72.3 Å². The molecule has 0 fully saturated rings. The van der Waals surface area contributed by atoms with Crippen molar-refractivity contribution in [2.75, 3.05) is 38.8 Å². The lowest BCUT2D eigenvalue weighted by Gasteiger charge is -2.08. The summed E-state index contributed by atoms with van der Waals surface area (Å²) in [7, 11) is 7.05. The molecule has 0 aliphatic rings. The van der Waals surface area contributed by atoms with Gasteiger partial charge in [-0.2, -0.15) is 0 Å². The minimum absolute atomic E-state index is 0.216. The van der Waals surface area contributed by atoms with E-state index in [0.29, 0.717) is 16.9 Å². The number of hydrogen-bond donors (Lipinski definition) is 4. The molecule has 0 atom stereocenters. The van der Waals surface area contributed by atoms with Crippen LogP contribution in [0.2, 0.25) is 0 Å². The smallest absolute Gasteiger partial charge is 0.255 e. The number of rotatable bonds is 7. The van der Waals surface area contributed by atoms with Gasteiger partial charge in [-0.25, -0.2) is 0 Å². The van der Waals surface area contributed by atoms with Crippen molar-refractivity contribution >= 4 is 40.9 Å². The molecule has 36 heavy (non-hydrogen) atoms. The third-order valence-corrected chi connectivity index (χ3v) is 5.36. The summed E-state index contributed by atoms with van der Waals surface area (Å²) in [6.45, 7) is 0. The van der Waals surface area contributed by atoms with E-state index in [-0.39, 0.29) is 11.8 Å². The van der Waals surface area contributed by atoms with Crippen molar-refractivity contribution < 1.29 is 9.59 Å². The molecular formula is C28H30N6O2. The zero-order valence-electron chi connectivity index (χ0n) is 20.8. The number of nitrogens with zero attached hydrogens (tertiary/aromatic N) is 2. The quantitative estimate of drug-likeness (QED) is 0.234. The van der Waals surface area contributed by atoms with E-state index < -0.39 is 0 Å². The molecule has 184 valence electrons. The van der Waals surface area contributed by atoms with E-state index >= 15 is 0 Å². The molecule has 2 amide bonds. The topological polar surface area (TPSA) is 107 Å². The molecule has 3 rings (SSSR count). The Balaban J connectivity index is 1.56. The predicted octanol–water partition coefficient (Wildman–Crippen LogP) is 3.78. The van der Waals surface area contributed by atoms with Crippen LogP contribution in [0.25, 0.3) is 6.08 Å². The van der Waals surface area contributed by atoms with Gasteiger partial charge in [0.2, 0.25) is 5.91 Å². The van der Waals surface area contributed by atoms with Crippen molar-refractivity contribution in [3.05, 3.63) is 101 Å². The molecule has 0 aliphatic heterocycles. The maximum atomic E-state index is 12.6. The van der Waals surface area contributed by atoms with Crippen molar-refractivity contribution in [3.8, 4) is 0 Å². The first-order valence-corrected chi connectivity index (χ1v) is 11.4. The van der Waals surface area contributed by atoms with Crippen LogP contribution in [-0.2, 0) is 4.79 Å². The number of amides is 2. The number of hydrogen-bond acceptors (Lipinski definition) is 4. The summed E-state index contributed by atoms with van der Waals surface area (Å²) in [6.07, 6.45) is 3.15. The molecule has 0 unspecified atom stereocenters. The molecule has 3 aromatic carbocycles. The van der Waals surface area contributed by atoms with Gasteiger partial charge in [0.15, 0.2) is 0 Å². The monoisotopic (exact) mass is 482 g/mol. The molecule has 0 radical (unpaired) electrons. The number of anilines is 2. The molecule has 8 heteroatoms. The fraction of sp³-hybridized carbons (Fsp3) is 0.143. The largest absolute Gasteiger partial charge is 0.373 e. The lowest BCUT2D eigenvalue weighted by atomic mass is 10.1. The highest BCUT2D eigenvalue weighted by Gasteiger charge is 2.07. The molecule has 0 bridgehead atoms. The second kappa shape index (κ2) is 12.7. The first kappa shape index (κ1) is 25.9. The fourth-order valence-corrected chi connectivity index (χ4v) is 3.50. The molecule has 4 N–H and O–H groups in total. The Hall–Kier alpha value is -4.72. The summed E-state index contributed by atoms with van der Waals surface area (Å²) in [5, 5.41) is 11.8. The van der Waals surface area contributed by atoms with E-state index in [1.165, 1.54) is 6.08 Å². The van der Waals surface area contributed by atoms with Crippen LogP contribution in [0.15, 0.2) is 88.9 Å². The second-order valence-corrected chi connectivity index (χ2v) is 7.70. The van der Waals surface area contributed by atoms with E-state index in [2.05, 4.69) is 31.3 Å². The Labute approximate surface area is 211 Å². The molecule has 0 spiro atoms. The van der Waals surface area contributed by atoms with Crippen molar-refractivity contribution in [3.63, 3.8) is 0 Å². The van der Waals surface area contributed by atoms with Crippen LogP contribution in [0.5, 0.6) is 0 Å². The summed E-state index contributed by atoms with van der Waals surface area (Å²) in [5.41, 5.74) is 4.56. The van der Waals surface area contributed by atoms with E-state index in [1.54, 1.807) is 44.4 Å². The molecule has 0 aromatic heterocycles. The first-order chi connectivity index (χ1) is 17.5. The third kappa shape index (κ3) is 6.89. The van der Waals surface area contributed by atoms with Crippen LogP contribution in [0.1, 0.15) is 27.0 Å². The third-order valence-electron chi connectivity index (χ3n) is 5.36. The molecule has 0 aliphatic carbocycles. The Morgan fingerprint density at radius 2 is 1.08 bits per heavy atom. The molecule has 0 saturated heterocycles. The van der Waals surface area contributed by atoms with Crippen LogP contribution in [0.3, 0.4) is 0 Å². The summed E-state index contributed by atoms with van der Waals surface area (Å²) in [4.78, 5) is 33.2. The zero-order chi connectivity index (χ0) is 25.9. The maximum absolute atomic E-state index is 12.6. The number of benzene rings is 3. The molecule has 0 saturated carbocycles. The summed E-state index contributed by atoms with van der Waals surface area (Å²) in [6, 6.07) is 21.9. The second-order valence-electron chi connectivity index (χ2n) is 7.70. The Morgan fingerprint density at radius 3 is 1.53 bits per heavy atom. The Morgan fingerprint density at radius 1 is 0.639 bits per heavy atom. The van der Waals surface area contributed by atoms with Gasteiger partial charge in [-0.1, -0.05) is 12.1 Å². The summed E-state index contributed by atoms with van der Waals surface area (Å²) < 4.78 is 0. The predicted molar refractivity (Wildman–Crippen MR) is 148 cm³/mol. The SMILES string of the molecule is CN=C(NC)c1ccc(NC(=O)/C=C/c2ccc(C(=O)Nc3ccc(C(=NC)NC)cc3)cc2)cc1. The van der Waals surface area contributed by atoms with Gasteiger partial charge < -0.3 is 21.3 Å². The molecule has 0 heterocycles. The highest BCUT2D eigenvalue weighted by atomic mass is 16.2. The lowest BCUT2D eigenvalue weighted by Crippen LogP contribution is -2.19. The normalized spacial score (nSPS) is 11.8. The minimum atomic E-state index is -0.249. The summed E-state index contributed by atoms with van der Waals surface area (Å²) >= 11 is 0. The van der Waals surface area contributed by atoms with Gasteiger partial charge >= 0.3 is 0 Å². The van der Waals surface area contributed by atoms with Crippen LogP contribution in [-0.4, -0.2) is 51.7 Å². The number of aliphatic imine (C=N–C) groups is 2. The maximum Gasteiger partial charge on any atom is 0.255 e. The number of carbonyl (C=O) groups excluding carboxylic acids is 2. The standard InChI is InChI=1S/C28H30N6O2/c1-29-26(30-2)20-10-14-23(15-11-20)33-25(35)18-7-19-5-8-22(9-6-19)28(36)34-24-16-12-21(13-17-24)27(31-3)32-4/h5-18H,1-4H3,(H,29,30)(H,31,32)(H,33,35)(H,34,36)/b18-7+. The average molecular weight is 483 g/mol. The number of nitrogens with one attached hydrogen (secondary N) is 4. The lowest BCUT2D eigenvalue weighted by molar-refractivity contribution is -0.111. The van der Waals surface area contributed by atoms with Gasteiger partial charge in [0.25, 0.3) is 5.91 Å². The van der Waals surface area contributed by atoms with Crippen LogP contribution in [0.4, 0.5) is 11.4 Å². The first-order valence-electron chi connectivity index (χ1n) is 11.4. The van der Waals surface area contributed by atoms with Crippen LogP contribution in [0, 0.1) is 0 Å². The van der Waals surface area contributed by atoms with Gasteiger partial charge in [0, 0.05) is 62.3 Å². The van der Waals surface area contributed by atoms with Gasteiger partial charge in [-0.15, -0.1) is 0 Å². The van der Waals surface area contributed by atoms with E-state index in [4.69, 9.17) is 0 Å². The average Bonchev–Trinajstić information content (AvgIpc) is 2.91. The number of amidine groups is 2.